The molecule has 3 N–H and O–H groups in total. The van der Waals surface area contributed by atoms with E-state index < -0.39 is 0 Å². The summed E-state index contributed by atoms with van der Waals surface area (Å²) in [5, 5.41) is 2.98. The van der Waals surface area contributed by atoms with Gasteiger partial charge in [0.2, 0.25) is 5.91 Å². The highest BCUT2D eigenvalue weighted by atomic mass is 16.2. The van der Waals surface area contributed by atoms with E-state index in [1.807, 2.05) is 23.1 Å². The van der Waals surface area contributed by atoms with Crippen molar-refractivity contribution in [2.45, 2.75) is 38.5 Å². The number of rotatable bonds is 4. The average molecular weight is 329 g/mol. The second-order valence-corrected chi connectivity index (χ2v) is 6.96. The minimum absolute atomic E-state index is 0.00329. The van der Waals surface area contributed by atoms with Crippen molar-refractivity contribution in [3.63, 3.8) is 0 Å². The van der Waals surface area contributed by atoms with Crippen LogP contribution in [0.5, 0.6) is 0 Å². The molecule has 3 rings (SSSR count). The van der Waals surface area contributed by atoms with Gasteiger partial charge in [0.25, 0.3) is 5.91 Å². The number of nitrogens with zero attached hydrogens (tertiary/aromatic N) is 1. The van der Waals surface area contributed by atoms with Crippen LogP contribution in [-0.4, -0.2) is 36.3 Å². The molecular weight excluding hydrogens is 302 g/mol. The molecule has 2 amide bonds. The first-order valence-electron chi connectivity index (χ1n) is 9.09. The van der Waals surface area contributed by atoms with E-state index >= 15 is 0 Å². The first-order valence-corrected chi connectivity index (χ1v) is 9.09. The van der Waals surface area contributed by atoms with Crippen LogP contribution in [0.1, 0.15) is 48.9 Å². The SMILES string of the molecule is NC[C@H]1CCC[C@H]1C(=O)Nc1cccc(C(=O)N2CCCCC2)c1. The molecule has 0 bridgehead atoms. The van der Waals surface area contributed by atoms with Gasteiger partial charge < -0.3 is 16.0 Å². The van der Waals surface area contributed by atoms with Crippen LogP contribution in [0.15, 0.2) is 24.3 Å². The molecule has 0 spiro atoms. The first kappa shape index (κ1) is 17.0. The van der Waals surface area contributed by atoms with Crippen LogP contribution in [0.4, 0.5) is 5.69 Å². The topological polar surface area (TPSA) is 75.4 Å². The summed E-state index contributed by atoms with van der Waals surface area (Å²) in [6.07, 6.45) is 6.34. The van der Waals surface area contributed by atoms with Crippen molar-refractivity contribution in [2.75, 3.05) is 25.0 Å². The van der Waals surface area contributed by atoms with Gasteiger partial charge in [-0.15, -0.1) is 0 Å². The lowest BCUT2D eigenvalue weighted by Crippen LogP contribution is -2.35. The molecule has 24 heavy (non-hydrogen) atoms. The van der Waals surface area contributed by atoms with Gasteiger partial charge in [-0.25, -0.2) is 0 Å². The molecule has 2 aliphatic rings. The Labute approximate surface area is 143 Å². The van der Waals surface area contributed by atoms with Crippen molar-refractivity contribution < 1.29 is 9.59 Å². The Kier molecular flexibility index (Phi) is 5.51. The van der Waals surface area contributed by atoms with E-state index in [4.69, 9.17) is 5.73 Å². The normalized spacial score (nSPS) is 24.0. The first-order chi connectivity index (χ1) is 11.7. The zero-order valence-electron chi connectivity index (χ0n) is 14.2. The van der Waals surface area contributed by atoms with Gasteiger partial charge in [-0.1, -0.05) is 12.5 Å². The molecule has 5 heteroatoms. The summed E-state index contributed by atoms with van der Waals surface area (Å²) in [4.78, 5) is 27.0. The van der Waals surface area contributed by atoms with Crippen LogP contribution < -0.4 is 11.1 Å². The summed E-state index contributed by atoms with van der Waals surface area (Å²) in [5.41, 5.74) is 7.12. The third kappa shape index (κ3) is 3.78. The Morgan fingerprint density at radius 2 is 1.92 bits per heavy atom. The van der Waals surface area contributed by atoms with Gasteiger partial charge in [0, 0.05) is 30.3 Å². The third-order valence-electron chi connectivity index (χ3n) is 5.32. The number of hydrogen-bond acceptors (Lipinski definition) is 3. The van der Waals surface area contributed by atoms with E-state index in [9.17, 15) is 9.59 Å². The maximum atomic E-state index is 12.6. The van der Waals surface area contributed by atoms with E-state index in [1.165, 1.54) is 6.42 Å². The third-order valence-corrected chi connectivity index (χ3v) is 5.32. The highest BCUT2D eigenvalue weighted by Crippen LogP contribution is 2.32. The number of carbonyl (C=O) groups is 2. The fourth-order valence-electron chi connectivity index (χ4n) is 3.91. The molecule has 0 aromatic heterocycles. The van der Waals surface area contributed by atoms with E-state index in [-0.39, 0.29) is 23.7 Å². The standard InChI is InChI=1S/C19H27N3O2/c20-13-15-7-5-9-17(15)18(23)21-16-8-4-6-14(12-16)19(24)22-10-2-1-3-11-22/h4,6,8,12,15,17H,1-3,5,7,9-11,13,20H2,(H,21,23)/t15-,17-/m1/s1. The summed E-state index contributed by atoms with van der Waals surface area (Å²) >= 11 is 0. The lowest BCUT2D eigenvalue weighted by atomic mass is 9.95. The number of piperidine rings is 1. The van der Waals surface area contributed by atoms with Crippen molar-refractivity contribution in [1.29, 1.82) is 0 Å². The van der Waals surface area contributed by atoms with Crippen molar-refractivity contribution in [2.24, 2.45) is 17.6 Å². The molecule has 0 radical (unpaired) electrons. The minimum Gasteiger partial charge on any atom is -0.339 e. The number of amides is 2. The molecule has 2 atom stereocenters. The zero-order valence-corrected chi connectivity index (χ0v) is 14.2. The number of nitrogens with two attached hydrogens (primary N) is 1. The molecule has 1 saturated heterocycles. The summed E-state index contributed by atoms with van der Waals surface area (Å²) in [7, 11) is 0. The predicted molar refractivity (Wildman–Crippen MR) is 94.7 cm³/mol. The van der Waals surface area contributed by atoms with Gasteiger partial charge in [-0.2, -0.15) is 0 Å². The van der Waals surface area contributed by atoms with E-state index in [1.54, 1.807) is 6.07 Å². The molecular formula is C19H27N3O2. The van der Waals surface area contributed by atoms with Gasteiger partial charge in [0.15, 0.2) is 0 Å². The Morgan fingerprint density at radius 3 is 2.67 bits per heavy atom. The van der Waals surface area contributed by atoms with Crippen molar-refractivity contribution >= 4 is 17.5 Å². The summed E-state index contributed by atoms with van der Waals surface area (Å²) in [5.74, 6) is 0.372. The van der Waals surface area contributed by atoms with Crippen LogP contribution in [0, 0.1) is 11.8 Å². The van der Waals surface area contributed by atoms with Gasteiger partial charge >= 0.3 is 0 Å². The Balaban J connectivity index is 1.66. The molecule has 1 aliphatic heterocycles. The molecule has 130 valence electrons. The van der Waals surface area contributed by atoms with E-state index in [0.29, 0.717) is 17.8 Å². The number of benzene rings is 1. The molecule has 2 fully saturated rings. The Hall–Kier alpha value is -1.88. The maximum absolute atomic E-state index is 12.6. The second-order valence-electron chi connectivity index (χ2n) is 6.96. The second kappa shape index (κ2) is 7.79. The highest BCUT2D eigenvalue weighted by molar-refractivity contribution is 5.97. The summed E-state index contributed by atoms with van der Waals surface area (Å²) < 4.78 is 0. The molecule has 1 aliphatic carbocycles. The number of hydrogen-bond donors (Lipinski definition) is 2. The van der Waals surface area contributed by atoms with Crippen LogP contribution in [0.3, 0.4) is 0 Å². The van der Waals surface area contributed by atoms with Gasteiger partial charge in [-0.3, -0.25) is 9.59 Å². The monoisotopic (exact) mass is 329 g/mol. The molecule has 1 heterocycles. The van der Waals surface area contributed by atoms with Gasteiger partial charge in [0.1, 0.15) is 0 Å². The number of nitrogens with one attached hydrogen (secondary N) is 1. The quantitative estimate of drug-likeness (QED) is 0.891. The summed E-state index contributed by atoms with van der Waals surface area (Å²) in [6.45, 7) is 2.22. The fraction of sp³-hybridized carbons (Fsp3) is 0.579. The van der Waals surface area contributed by atoms with Gasteiger partial charge in [-0.05, 0) is 62.8 Å². The zero-order chi connectivity index (χ0) is 16.9. The lowest BCUT2D eigenvalue weighted by Gasteiger charge is -2.27. The molecule has 0 unspecified atom stereocenters. The fourth-order valence-corrected chi connectivity index (χ4v) is 3.91. The largest absolute Gasteiger partial charge is 0.339 e. The predicted octanol–water partition coefficient (Wildman–Crippen LogP) is 2.63. The van der Waals surface area contributed by atoms with Crippen molar-refractivity contribution in [3.8, 4) is 0 Å². The summed E-state index contributed by atoms with van der Waals surface area (Å²) in [6, 6.07) is 7.30. The van der Waals surface area contributed by atoms with Crippen molar-refractivity contribution in [3.05, 3.63) is 29.8 Å². The Morgan fingerprint density at radius 1 is 1.12 bits per heavy atom. The number of carbonyl (C=O) groups excluding carboxylic acids is 2. The van der Waals surface area contributed by atoms with E-state index in [2.05, 4.69) is 5.32 Å². The lowest BCUT2D eigenvalue weighted by molar-refractivity contribution is -0.120. The van der Waals surface area contributed by atoms with Crippen LogP contribution >= 0.6 is 0 Å². The average Bonchev–Trinajstić information content (AvgIpc) is 3.11. The van der Waals surface area contributed by atoms with Crippen molar-refractivity contribution in [1.82, 2.24) is 4.90 Å². The smallest absolute Gasteiger partial charge is 0.253 e. The van der Waals surface area contributed by atoms with Crippen LogP contribution in [0.25, 0.3) is 0 Å². The minimum atomic E-state index is -0.00329. The molecule has 1 aromatic rings. The van der Waals surface area contributed by atoms with Crippen LogP contribution in [0.2, 0.25) is 0 Å². The van der Waals surface area contributed by atoms with E-state index in [0.717, 1.165) is 45.2 Å². The van der Waals surface area contributed by atoms with Gasteiger partial charge in [0.05, 0.1) is 0 Å². The Bertz CT molecular complexity index is 596. The maximum Gasteiger partial charge on any atom is 0.253 e. The number of likely N-dealkylation sites (tertiary alicyclic amines) is 1. The highest BCUT2D eigenvalue weighted by Gasteiger charge is 2.32. The number of anilines is 1. The molecule has 1 aromatic carbocycles. The molecule has 5 nitrogen and oxygen atoms in total. The molecule has 1 saturated carbocycles. The van der Waals surface area contributed by atoms with Crippen LogP contribution in [-0.2, 0) is 4.79 Å².